The summed E-state index contributed by atoms with van der Waals surface area (Å²) >= 11 is 0. The second kappa shape index (κ2) is 5.42. The zero-order valence-electron chi connectivity index (χ0n) is 11.1. The van der Waals surface area contributed by atoms with Gasteiger partial charge in [0.25, 0.3) is 0 Å². The molecule has 0 aromatic heterocycles. The number of aliphatic carboxylic acids is 1. The molecule has 98 valence electrons. The van der Waals surface area contributed by atoms with Crippen LogP contribution in [0.4, 0.5) is 5.69 Å². The fourth-order valence-corrected chi connectivity index (χ4v) is 2.49. The maximum atomic E-state index is 11.1. The van der Waals surface area contributed by atoms with Gasteiger partial charge in [0, 0.05) is 18.8 Å². The first kappa shape index (κ1) is 12.9. The van der Waals surface area contributed by atoms with Crippen LogP contribution in [0.3, 0.4) is 0 Å². The van der Waals surface area contributed by atoms with E-state index >= 15 is 0 Å². The van der Waals surface area contributed by atoms with Gasteiger partial charge in [-0.25, -0.2) is 0 Å². The summed E-state index contributed by atoms with van der Waals surface area (Å²) in [5, 5.41) is 9.12. The molecule has 1 N–H and O–H groups in total. The molecule has 0 radical (unpaired) electrons. The zero-order valence-corrected chi connectivity index (χ0v) is 11.1. The number of hydrogen-bond donors (Lipinski definition) is 1. The lowest BCUT2D eigenvalue weighted by Gasteiger charge is -2.33. The maximum absolute atomic E-state index is 11.1. The quantitative estimate of drug-likeness (QED) is 0.892. The fraction of sp³-hybridized carbons (Fsp3) is 0.533. The predicted molar refractivity (Wildman–Crippen MR) is 73.1 cm³/mol. The number of hydrogen-bond acceptors (Lipinski definition) is 2. The van der Waals surface area contributed by atoms with Crippen molar-refractivity contribution in [3.8, 4) is 0 Å². The van der Waals surface area contributed by atoms with Crippen LogP contribution in [0.5, 0.6) is 0 Å². The van der Waals surface area contributed by atoms with Gasteiger partial charge in [-0.3, -0.25) is 4.79 Å². The first-order valence-corrected chi connectivity index (χ1v) is 6.65. The van der Waals surface area contributed by atoms with E-state index in [1.165, 1.54) is 5.56 Å². The third-order valence-corrected chi connectivity index (χ3v) is 3.67. The van der Waals surface area contributed by atoms with Crippen LogP contribution in [0.1, 0.15) is 38.2 Å². The lowest BCUT2D eigenvalue weighted by atomic mass is 9.96. The molecule has 1 aliphatic heterocycles. The second-order valence-corrected chi connectivity index (χ2v) is 5.37. The number of carboxylic acids is 1. The SMILES string of the molecule is CC(C)c1cccc(N2CCCC(C(=O)O)C2)c1. The van der Waals surface area contributed by atoms with Crippen LogP contribution in [0.15, 0.2) is 24.3 Å². The van der Waals surface area contributed by atoms with Gasteiger partial charge in [0.15, 0.2) is 0 Å². The maximum Gasteiger partial charge on any atom is 0.308 e. The van der Waals surface area contributed by atoms with Gasteiger partial charge in [0.05, 0.1) is 5.92 Å². The Labute approximate surface area is 108 Å². The summed E-state index contributed by atoms with van der Waals surface area (Å²) in [6, 6.07) is 8.47. The first-order valence-electron chi connectivity index (χ1n) is 6.65. The van der Waals surface area contributed by atoms with Gasteiger partial charge < -0.3 is 10.0 Å². The summed E-state index contributed by atoms with van der Waals surface area (Å²) in [4.78, 5) is 13.3. The molecule has 1 unspecified atom stereocenters. The van der Waals surface area contributed by atoms with Crippen molar-refractivity contribution in [3.63, 3.8) is 0 Å². The molecule has 0 amide bonds. The molecule has 18 heavy (non-hydrogen) atoms. The van der Waals surface area contributed by atoms with Crippen molar-refractivity contribution in [1.82, 2.24) is 0 Å². The van der Waals surface area contributed by atoms with E-state index in [0.29, 0.717) is 12.5 Å². The zero-order chi connectivity index (χ0) is 13.1. The molecule has 1 aromatic carbocycles. The van der Waals surface area contributed by atoms with Crippen LogP contribution in [0.2, 0.25) is 0 Å². The van der Waals surface area contributed by atoms with Crippen LogP contribution in [-0.2, 0) is 4.79 Å². The Balaban J connectivity index is 2.15. The molecule has 0 saturated carbocycles. The van der Waals surface area contributed by atoms with E-state index in [2.05, 4.69) is 43.0 Å². The Hall–Kier alpha value is -1.51. The number of anilines is 1. The van der Waals surface area contributed by atoms with Gasteiger partial charge in [-0.2, -0.15) is 0 Å². The molecule has 2 rings (SSSR count). The van der Waals surface area contributed by atoms with Crippen molar-refractivity contribution >= 4 is 11.7 Å². The van der Waals surface area contributed by atoms with Crippen LogP contribution < -0.4 is 4.90 Å². The Kier molecular flexibility index (Phi) is 3.90. The van der Waals surface area contributed by atoms with Gasteiger partial charge in [-0.1, -0.05) is 26.0 Å². The fourth-order valence-electron chi connectivity index (χ4n) is 2.49. The van der Waals surface area contributed by atoms with Gasteiger partial charge in [-0.15, -0.1) is 0 Å². The average molecular weight is 247 g/mol. The van der Waals surface area contributed by atoms with Crippen molar-refractivity contribution in [2.24, 2.45) is 5.92 Å². The van der Waals surface area contributed by atoms with E-state index in [-0.39, 0.29) is 5.92 Å². The minimum atomic E-state index is -0.667. The minimum absolute atomic E-state index is 0.221. The standard InChI is InChI=1S/C15H21NO2/c1-11(2)12-5-3-7-14(9-12)16-8-4-6-13(10-16)15(17)18/h3,5,7,9,11,13H,4,6,8,10H2,1-2H3,(H,17,18). The number of carbonyl (C=O) groups is 1. The highest BCUT2D eigenvalue weighted by Crippen LogP contribution is 2.26. The molecule has 3 nitrogen and oxygen atoms in total. The molecule has 0 bridgehead atoms. The molecule has 3 heteroatoms. The Bertz CT molecular complexity index is 428. The van der Waals surface area contributed by atoms with Crippen LogP contribution in [0, 0.1) is 5.92 Å². The van der Waals surface area contributed by atoms with Crippen molar-refractivity contribution in [2.45, 2.75) is 32.6 Å². The Morgan fingerprint density at radius 1 is 1.44 bits per heavy atom. The molecule has 0 aliphatic carbocycles. The molecule has 1 aromatic rings. The molecule has 1 fully saturated rings. The van der Waals surface area contributed by atoms with E-state index in [9.17, 15) is 4.79 Å². The summed E-state index contributed by atoms with van der Waals surface area (Å²) in [6.45, 7) is 5.95. The lowest BCUT2D eigenvalue weighted by molar-refractivity contribution is -0.141. The number of rotatable bonds is 3. The Morgan fingerprint density at radius 2 is 2.22 bits per heavy atom. The summed E-state index contributed by atoms with van der Waals surface area (Å²) in [5.41, 5.74) is 2.47. The average Bonchev–Trinajstić information content (AvgIpc) is 2.39. The van der Waals surface area contributed by atoms with Gasteiger partial charge in [0.2, 0.25) is 0 Å². The van der Waals surface area contributed by atoms with E-state index in [1.54, 1.807) is 0 Å². The predicted octanol–water partition coefficient (Wildman–Crippen LogP) is 3.11. The van der Waals surface area contributed by atoms with Crippen molar-refractivity contribution in [3.05, 3.63) is 29.8 Å². The second-order valence-electron chi connectivity index (χ2n) is 5.37. The summed E-state index contributed by atoms with van der Waals surface area (Å²) in [7, 11) is 0. The lowest BCUT2D eigenvalue weighted by Crippen LogP contribution is -2.38. The largest absolute Gasteiger partial charge is 0.481 e. The summed E-state index contributed by atoms with van der Waals surface area (Å²) in [6.07, 6.45) is 1.76. The summed E-state index contributed by atoms with van der Waals surface area (Å²) < 4.78 is 0. The number of benzene rings is 1. The topological polar surface area (TPSA) is 40.5 Å². The third-order valence-electron chi connectivity index (χ3n) is 3.67. The van der Waals surface area contributed by atoms with Crippen LogP contribution in [0.25, 0.3) is 0 Å². The molecular weight excluding hydrogens is 226 g/mol. The number of nitrogens with zero attached hydrogens (tertiary/aromatic N) is 1. The normalized spacial score (nSPS) is 20.2. The molecule has 1 aliphatic rings. The van der Waals surface area contributed by atoms with Gasteiger partial charge >= 0.3 is 5.97 Å². The van der Waals surface area contributed by atoms with Crippen molar-refractivity contribution < 1.29 is 9.90 Å². The minimum Gasteiger partial charge on any atom is -0.481 e. The van der Waals surface area contributed by atoms with E-state index < -0.39 is 5.97 Å². The highest BCUT2D eigenvalue weighted by molar-refractivity contribution is 5.71. The van der Waals surface area contributed by atoms with E-state index in [4.69, 9.17) is 5.11 Å². The van der Waals surface area contributed by atoms with Crippen molar-refractivity contribution in [1.29, 1.82) is 0 Å². The Morgan fingerprint density at radius 3 is 2.89 bits per heavy atom. The monoisotopic (exact) mass is 247 g/mol. The highest BCUT2D eigenvalue weighted by atomic mass is 16.4. The van der Waals surface area contributed by atoms with Crippen LogP contribution >= 0.6 is 0 Å². The first-order chi connectivity index (χ1) is 8.58. The van der Waals surface area contributed by atoms with E-state index in [0.717, 1.165) is 25.1 Å². The molecule has 1 atom stereocenters. The van der Waals surface area contributed by atoms with E-state index in [1.807, 2.05) is 0 Å². The number of carboxylic acid groups (broad SMARTS) is 1. The number of piperidine rings is 1. The molecule has 1 saturated heterocycles. The van der Waals surface area contributed by atoms with Gasteiger partial charge in [-0.05, 0) is 36.5 Å². The highest BCUT2D eigenvalue weighted by Gasteiger charge is 2.25. The molecule has 1 heterocycles. The molecular formula is C15H21NO2. The van der Waals surface area contributed by atoms with Crippen molar-refractivity contribution in [2.75, 3.05) is 18.0 Å². The van der Waals surface area contributed by atoms with Gasteiger partial charge in [0.1, 0.15) is 0 Å². The smallest absolute Gasteiger partial charge is 0.308 e. The summed E-state index contributed by atoms with van der Waals surface area (Å²) in [5.74, 6) is -0.383. The third kappa shape index (κ3) is 2.84. The van der Waals surface area contributed by atoms with Crippen LogP contribution in [-0.4, -0.2) is 24.2 Å². The molecule has 0 spiro atoms.